The second kappa shape index (κ2) is 7.13. The summed E-state index contributed by atoms with van der Waals surface area (Å²) in [6.45, 7) is 0. The van der Waals surface area contributed by atoms with Crippen LogP contribution in [-0.4, -0.2) is 41.1 Å². The molecule has 1 atom stereocenters. The summed E-state index contributed by atoms with van der Waals surface area (Å²) in [5, 5.41) is 20.8. The molecule has 0 saturated heterocycles. The van der Waals surface area contributed by atoms with Crippen LogP contribution in [0.15, 0.2) is 18.2 Å². The molecule has 5 N–H and O–H groups in total. The van der Waals surface area contributed by atoms with E-state index in [2.05, 4.69) is 5.32 Å². The quantitative estimate of drug-likeness (QED) is 0.552. The summed E-state index contributed by atoms with van der Waals surface area (Å²) in [7, 11) is 1.39. The summed E-state index contributed by atoms with van der Waals surface area (Å²) in [5.74, 6) is -2.73. The summed E-state index contributed by atoms with van der Waals surface area (Å²) in [6, 6.07) is 2.70. The molecule has 0 unspecified atom stereocenters. The van der Waals surface area contributed by atoms with Gasteiger partial charge >= 0.3 is 5.97 Å². The van der Waals surface area contributed by atoms with Crippen molar-refractivity contribution < 1.29 is 29.3 Å². The van der Waals surface area contributed by atoms with Crippen molar-refractivity contribution in [3.63, 3.8) is 0 Å². The van der Waals surface area contributed by atoms with Gasteiger partial charge in [0.15, 0.2) is 0 Å². The summed E-state index contributed by atoms with van der Waals surface area (Å²) in [5.41, 5.74) is 4.82. The Hall–Kier alpha value is -2.77. The molecule has 1 rings (SSSR count). The number of rotatable bonds is 7. The fourth-order valence-corrected chi connectivity index (χ4v) is 1.60. The molecule has 21 heavy (non-hydrogen) atoms. The Bertz CT molecular complexity index is 558. The van der Waals surface area contributed by atoms with Crippen molar-refractivity contribution in [3.05, 3.63) is 23.8 Å². The summed E-state index contributed by atoms with van der Waals surface area (Å²) < 4.78 is 4.92. The number of phenols is 1. The van der Waals surface area contributed by atoms with Crippen LogP contribution in [-0.2, 0) is 9.59 Å². The number of benzene rings is 1. The molecule has 0 spiro atoms. The van der Waals surface area contributed by atoms with Crippen molar-refractivity contribution in [2.24, 2.45) is 5.73 Å². The van der Waals surface area contributed by atoms with Crippen LogP contribution in [0.5, 0.6) is 11.5 Å². The molecule has 8 heteroatoms. The standard InChI is InChI=1S/C13H16N2O6/c1-21-7-2-4-10(16)8(6-7)12(18)15-9(13(19)20)3-5-11(14)17/h2,4,6,9,16H,3,5H2,1H3,(H2,14,17)(H,15,18)(H,19,20)/t9-/m1/s1. The maximum absolute atomic E-state index is 12.0. The third-order valence-corrected chi connectivity index (χ3v) is 2.73. The average molecular weight is 296 g/mol. The number of phenolic OH excluding ortho intramolecular Hbond substituents is 1. The molecule has 0 aliphatic rings. The van der Waals surface area contributed by atoms with Gasteiger partial charge in [0, 0.05) is 6.42 Å². The highest BCUT2D eigenvalue weighted by Crippen LogP contribution is 2.22. The summed E-state index contributed by atoms with van der Waals surface area (Å²) in [6.07, 6.45) is -0.317. The van der Waals surface area contributed by atoms with E-state index in [9.17, 15) is 19.5 Å². The second-order valence-electron chi connectivity index (χ2n) is 4.25. The lowest BCUT2D eigenvalue weighted by atomic mass is 10.1. The van der Waals surface area contributed by atoms with E-state index in [0.29, 0.717) is 5.75 Å². The third kappa shape index (κ3) is 4.68. The van der Waals surface area contributed by atoms with Gasteiger partial charge in [-0.05, 0) is 24.6 Å². The summed E-state index contributed by atoms with van der Waals surface area (Å²) >= 11 is 0. The third-order valence-electron chi connectivity index (χ3n) is 2.73. The van der Waals surface area contributed by atoms with Crippen molar-refractivity contribution in [3.8, 4) is 11.5 Å². The molecule has 0 radical (unpaired) electrons. The first-order valence-corrected chi connectivity index (χ1v) is 6.04. The lowest BCUT2D eigenvalue weighted by Crippen LogP contribution is -2.41. The molecule has 0 bridgehead atoms. The fraction of sp³-hybridized carbons (Fsp3) is 0.308. The van der Waals surface area contributed by atoms with Crippen LogP contribution in [0.2, 0.25) is 0 Å². The normalized spacial score (nSPS) is 11.5. The van der Waals surface area contributed by atoms with Gasteiger partial charge in [-0.1, -0.05) is 0 Å². The number of carbonyl (C=O) groups is 3. The number of carboxylic acid groups (broad SMARTS) is 1. The zero-order valence-electron chi connectivity index (χ0n) is 11.3. The van der Waals surface area contributed by atoms with Gasteiger partial charge in [0.05, 0.1) is 12.7 Å². The van der Waals surface area contributed by atoms with E-state index < -0.39 is 23.8 Å². The van der Waals surface area contributed by atoms with Crippen LogP contribution in [0.25, 0.3) is 0 Å². The van der Waals surface area contributed by atoms with E-state index in [1.165, 1.54) is 25.3 Å². The smallest absolute Gasteiger partial charge is 0.326 e. The summed E-state index contributed by atoms with van der Waals surface area (Å²) in [4.78, 5) is 33.7. The lowest BCUT2D eigenvalue weighted by molar-refractivity contribution is -0.139. The number of aliphatic carboxylic acids is 1. The van der Waals surface area contributed by atoms with E-state index in [1.54, 1.807) is 0 Å². The van der Waals surface area contributed by atoms with Gasteiger partial charge in [-0.3, -0.25) is 9.59 Å². The second-order valence-corrected chi connectivity index (χ2v) is 4.25. The average Bonchev–Trinajstić information content (AvgIpc) is 2.43. The maximum atomic E-state index is 12.0. The van der Waals surface area contributed by atoms with Crippen molar-refractivity contribution in [1.29, 1.82) is 0 Å². The molecule has 0 heterocycles. The molecule has 0 aliphatic carbocycles. The molecule has 1 aromatic rings. The first kappa shape index (κ1) is 16.3. The van der Waals surface area contributed by atoms with Gasteiger partial charge in [-0.25, -0.2) is 4.79 Å². The largest absolute Gasteiger partial charge is 0.507 e. The number of primary amides is 1. The Morgan fingerprint density at radius 2 is 2.05 bits per heavy atom. The van der Waals surface area contributed by atoms with Crippen LogP contribution in [0, 0.1) is 0 Å². The highest BCUT2D eigenvalue weighted by atomic mass is 16.5. The Balaban J connectivity index is 2.86. The van der Waals surface area contributed by atoms with Crippen molar-refractivity contribution >= 4 is 17.8 Å². The van der Waals surface area contributed by atoms with Gasteiger partial charge < -0.3 is 26.0 Å². The number of nitrogens with one attached hydrogen (secondary N) is 1. The topological polar surface area (TPSA) is 139 Å². The van der Waals surface area contributed by atoms with Crippen molar-refractivity contribution in [1.82, 2.24) is 5.32 Å². The van der Waals surface area contributed by atoms with E-state index >= 15 is 0 Å². The molecule has 1 aromatic carbocycles. The van der Waals surface area contributed by atoms with Crippen LogP contribution < -0.4 is 15.8 Å². The van der Waals surface area contributed by atoms with Crippen LogP contribution >= 0.6 is 0 Å². The molecule has 8 nitrogen and oxygen atoms in total. The minimum Gasteiger partial charge on any atom is -0.507 e. The SMILES string of the molecule is COc1ccc(O)c(C(=O)N[C@H](CCC(N)=O)C(=O)O)c1. The van der Waals surface area contributed by atoms with Gasteiger partial charge in [0.1, 0.15) is 17.5 Å². The molecule has 0 saturated carbocycles. The zero-order chi connectivity index (χ0) is 16.0. The number of ether oxygens (including phenoxy) is 1. The van der Waals surface area contributed by atoms with Gasteiger partial charge in [0.2, 0.25) is 5.91 Å². The van der Waals surface area contributed by atoms with Gasteiger partial charge in [0.25, 0.3) is 5.91 Å². The number of amides is 2. The first-order chi connectivity index (χ1) is 9.85. The molecular weight excluding hydrogens is 280 g/mol. The Morgan fingerprint density at radius 3 is 2.57 bits per heavy atom. The van der Waals surface area contributed by atoms with Crippen molar-refractivity contribution in [2.45, 2.75) is 18.9 Å². The number of methoxy groups -OCH3 is 1. The Labute approximate surface area is 120 Å². The number of nitrogens with two attached hydrogens (primary N) is 1. The number of aromatic hydroxyl groups is 1. The molecular formula is C13H16N2O6. The molecule has 0 aliphatic heterocycles. The maximum Gasteiger partial charge on any atom is 0.326 e. The Kier molecular flexibility index (Phi) is 5.53. The molecule has 0 aromatic heterocycles. The van der Waals surface area contributed by atoms with Crippen LogP contribution in [0.3, 0.4) is 0 Å². The minimum absolute atomic E-state index is 0.125. The van der Waals surface area contributed by atoms with Gasteiger partial charge in [-0.2, -0.15) is 0 Å². The number of carboxylic acids is 1. The van der Waals surface area contributed by atoms with Crippen LogP contribution in [0.1, 0.15) is 23.2 Å². The number of carbonyl (C=O) groups excluding carboxylic acids is 2. The minimum atomic E-state index is -1.30. The Morgan fingerprint density at radius 1 is 1.38 bits per heavy atom. The molecule has 2 amide bonds. The van der Waals surface area contributed by atoms with E-state index in [1.807, 2.05) is 0 Å². The zero-order valence-corrected chi connectivity index (χ0v) is 11.3. The fourth-order valence-electron chi connectivity index (χ4n) is 1.60. The van der Waals surface area contributed by atoms with Crippen molar-refractivity contribution in [2.75, 3.05) is 7.11 Å². The van der Waals surface area contributed by atoms with Crippen LogP contribution in [0.4, 0.5) is 0 Å². The van der Waals surface area contributed by atoms with Gasteiger partial charge in [-0.15, -0.1) is 0 Å². The van der Waals surface area contributed by atoms with E-state index in [4.69, 9.17) is 15.6 Å². The lowest BCUT2D eigenvalue weighted by Gasteiger charge is -2.14. The predicted molar refractivity (Wildman–Crippen MR) is 72.0 cm³/mol. The van der Waals surface area contributed by atoms with E-state index in [0.717, 1.165) is 0 Å². The molecule has 0 fully saturated rings. The highest BCUT2D eigenvalue weighted by Gasteiger charge is 2.22. The monoisotopic (exact) mass is 296 g/mol. The first-order valence-electron chi connectivity index (χ1n) is 6.04. The highest BCUT2D eigenvalue weighted by molar-refractivity contribution is 5.99. The predicted octanol–water partition coefficient (Wildman–Crippen LogP) is -0.151. The van der Waals surface area contributed by atoms with E-state index in [-0.39, 0.29) is 24.2 Å². The molecule has 114 valence electrons. The number of hydrogen-bond acceptors (Lipinski definition) is 5. The number of hydrogen-bond donors (Lipinski definition) is 4.